The van der Waals surface area contributed by atoms with Gasteiger partial charge in [0.05, 0.1) is 61.5 Å². The second kappa shape index (κ2) is 19.9. The molecule has 2 fully saturated rings. The number of carbonyl (C=O) groups is 2. The fourth-order valence-electron chi connectivity index (χ4n) is 7.29. The smallest absolute Gasteiger partial charge is 0.341 e. The molecule has 65 heavy (non-hydrogen) atoms. The molecule has 336 valence electrons. The van der Waals surface area contributed by atoms with Gasteiger partial charge in [-0.15, -0.1) is 0 Å². The fraction of sp³-hybridized carbons (Fsp3) is 0.273. The van der Waals surface area contributed by atoms with Gasteiger partial charge < -0.3 is 35.8 Å². The van der Waals surface area contributed by atoms with Crippen molar-refractivity contribution in [2.45, 2.75) is 50.2 Å². The van der Waals surface area contributed by atoms with Gasteiger partial charge in [-0.25, -0.2) is 33.7 Å². The van der Waals surface area contributed by atoms with E-state index in [4.69, 9.17) is 20.3 Å². The average molecular weight is 887 g/mol. The highest BCUT2D eigenvalue weighted by Crippen LogP contribution is 2.15. The monoisotopic (exact) mass is 886 g/mol. The molecule has 4 atom stereocenters. The highest BCUT2D eigenvalue weighted by atomic mass is 16.5. The number of hydrogen-bond acceptors (Lipinski definition) is 13. The van der Waals surface area contributed by atoms with E-state index in [0.717, 1.165) is 28.9 Å². The topological polar surface area (TPSA) is 266 Å². The van der Waals surface area contributed by atoms with Crippen LogP contribution < -0.4 is 22.4 Å². The van der Waals surface area contributed by atoms with Crippen molar-refractivity contribution in [3.05, 3.63) is 166 Å². The lowest BCUT2D eigenvalue weighted by atomic mass is 10.1. The Kier molecular flexibility index (Phi) is 13.5. The molecule has 21 heteroatoms. The van der Waals surface area contributed by atoms with E-state index in [0.29, 0.717) is 26.2 Å². The van der Waals surface area contributed by atoms with Crippen molar-refractivity contribution in [3.8, 4) is 11.4 Å². The Balaban J connectivity index is 0.000000155. The van der Waals surface area contributed by atoms with Crippen LogP contribution in [0.15, 0.2) is 132 Å². The number of carbonyl (C=O) groups excluding carboxylic acids is 1. The van der Waals surface area contributed by atoms with E-state index in [1.165, 1.54) is 55.1 Å². The van der Waals surface area contributed by atoms with Crippen molar-refractivity contribution < 1.29 is 34.4 Å². The van der Waals surface area contributed by atoms with E-state index in [1.54, 1.807) is 21.8 Å². The van der Waals surface area contributed by atoms with Crippen molar-refractivity contribution in [1.82, 2.24) is 52.8 Å². The number of nitrogens with one attached hydrogen (secondary N) is 1. The van der Waals surface area contributed by atoms with Crippen molar-refractivity contribution in [2.24, 2.45) is 5.73 Å². The van der Waals surface area contributed by atoms with Crippen LogP contribution in [0.5, 0.6) is 0 Å². The normalized spacial score (nSPS) is 18.3. The fourth-order valence-corrected chi connectivity index (χ4v) is 7.29. The van der Waals surface area contributed by atoms with E-state index < -0.39 is 30.1 Å². The number of aromatic carboxylic acids is 1. The summed E-state index contributed by atoms with van der Waals surface area (Å²) >= 11 is 0. The summed E-state index contributed by atoms with van der Waals surface area (Å²) in [5.41, 5.74) is 9.06. The Morgan fingerprint density at radius 3 is 1.62 bits per heavy atom. The number of nitrogens with two attached hydrogens (primary N) is 1. The van der Waals surface area contributed by atoms with Gasteiger partial charge in [-0.05, 0) is 60.4 Å². The minimum atomic E-state index is -1.13. The van der Waals surface area contributed by atoms with Crippen LogP contribution >= 0.6 is 0 Å². The van der Waals surface area contributed by atoms with Gasteiger partial charge in [0.1, 0.15) is 5.56 Å². The third kappa shape index (κ3) is 10.1. The Bertz CT molecular complexity index is 2970. The molecule has 0 aliphatic carbocycles. The molecule has 6 aromatic heterocycles. The second-order valence-electron chi connectivity index (χ2n) is 15.3. The first kappa shape index (κ1) is 44.1. The summed E-state index contributed by atoms with van der Waals surface area (Å²) in [5.74, 6) is -1.52. The Hall–Kier alpha value is -7.56. The number of benzene rings is 2. The van der Waals surface area contributed by atoms with Crippen LogP contribution in [0.4, 0.5) is 0 Å². The SMILES string of the molecule is N[C@H]1CCOC[C@@H]1O.O=C(N[C@H]1CCOC[C@@H]1O)c1cn(Cc2ccc(-n3cccn3)cc2)c(=O)n2ccnc12.O=C(O)c1cn(Cc2ccc(-n3cccn3)cc2)c(=O)n2ccnc12. The van der Waals surface area contributed by atoms with Gasteiger partial charge in [-0.3, -0.25) is 22.7 Å². The molecule has 2 aliphatic heterocycles. The van der Waals surface area contributed by atoms with Crippen molar-refractivity contribution in [1.29, 1.82) is 0 Å². The summed E-state index contributed by atoms with van der Waals surface area (Å²) in [6, 6.07) is 18.4. The van der Waals surface area contributed by atoms with Gasteiger partial charge in [-0.2, -0.15) is 10.2 Å². The Morgan fingerprint density at radius 1 is 0.677 bits per heavy atom. The zero-order valence-electron chi connectivity index (χ0n) is 34.9. The van der Waals surface area contributed by atoms with E-state index in [1.807, 2.05) is 73.1 Å². The number of nitrogens with zero attached hydrogens (tertiary/aromatic N) is 10. The number of aliphatic hydroxyl groups excluding tert-OH is 2. The summed E-state index contributed by atoms with van der Waals surface area (Å²) in [6.07, 6.45) is 15.9. The highest BCUT2D eigenvalue weighted by Gasteiger charge is 2.27. The van der Waals surface area contributed by atoms with Crippen molar-refractivity contribution >= 4 is 23.2 Å². The largest absolute Gasteiger partial charge is 0.478 e. The average Bonchev–Trinajstić information content (AvgIpc) is 4.17. The van der Waals surface area contributed by atoms with Gasteiger partial charge >= 0.3 is 17.3 Å². The van der Waals surface area contributed by atoms with E-state index in [2.05, 4.69) is 25.5 Å². The zero-order valence-corrected chi connectivity index (χ0v) is 34.9. The van der Waals surface area contributed by atoms with Gasteiger partial charge in [0.2, 0.25) is 0 Å². The molecule has 0 spiro atoms. The van der Waals surface area contributed by atoms with Crippen molar-refractivity contribution in [2.75, 3.05) is 26.4 Å². The van der Waals surface area contributed by atoms with Gasteiger partial charge in [0, 0.05) is 81.2 Å². The highest BCUT2D eigenvalue weighted by molar-refractivity contribution is 5.99. The van der Waals surface area contributed by atoms with Crippen LogP contribution in [-0.4, -0.2) is 125 Å². The third-order valence-corrected chi connectivity index (χ3v) is 10.8. The van der Waals surface area contributed by atoms with Crippen LogP contribution in [0.25, 0.3) is 22.7 Å². The summed E-state index contributed by atoms with van der Waals surface area (Å²) in [6.45, 7) is 2.28. The lowest BCUT2D eigenvalue weighted by Crippen LogP contribution is -2.49. The summed E-state index contributed by atoms with van der Waals surface area (Å²) in [5, 5.41) is 39.6. The number of imidazole rings is 2. The summed E-state index contributed by atoms with van der Waals surface area (Å²) < 4.78 is 19.1. The zero-order chi connectivity index (χ0) is 45.5. The van der Waals surface area contributed by atoms with E-state index in [-0.39, 0.29) is 59.5 Å². The lowest BCUT2D eigenvalue weighted by molar-refractivity contribution is -0.0260. The molecule has 2 aromatic carbocycles. The van der Waals surface area contributed by atoms with Crippen LogP contribution in [0, 0.1) is 0 Å². The first-order valence-corrected chi connectivity index (χ1v) is 20.7. The molecule has 8 aromatic rings. The standard InChI is InChI=1S/C22H22N6O4.C17H13N5O3.C5H11NO2/c29-19-14-32-11-6-18(19)25-21(30)17-13-26(22(31)27-10-8-23-20(17)27)12-15-2-4-16(5-3-15)28-9-1-7-24-28;23-16(24)14-11-20(17(25)21-9-7-18-15(14)21)10-12-2-4-13(5-3-12)22-8-1-6-19-22;6-4-1-2-8-3-5(4)7/h1-5,7-10,13,18-19,29H,6,11-12,14H2,(H,25,30);1-9,11H,10H2,(H,23,24);4-5,7H,1-3,6H2/t18-,19-;;4-,5-/m0.0/s1. The summed E-state index contributed by atoms with van der Waals surface area (Å²) in [4.78, 5) is 58.0. The Morgan fingerprint density at radius 2 is 1.17 bits per heavy atom. The molecular weight excluding hydrogens is 841 g/mol. The Labute approximate surface area is 369 Å². The summed E-state index contributed by atoms with van der Waals surface area (Å²) in [7, 11) is 0. The van der Waals surface area contributed by atoms with Crippen LogP contribution in [0.1, 0.15) is 44.7 Å². The molecule has 0 bridgehead atoms. The first-order valence-electron chi connectivity index (χ1n) is 20.7. The molecule has 0 saturated carbocycles. The molecule has 6 N–H and O–H groups in total. The number of fused-ring (bicyclic) bond motifs is 2. The number of aromatic nitrogens is 10. The molecule has 21 nitrogen and oxygen atoms in total. The molecule has 1 amide bonds. The molecule has 0 radical (unpaired) electrons. The first-order chi connectivity index (χ1) is 31.5. The van der Waals surface area contributed by atoms with Crippen molar-refractivity contribution in [3.63, 3.8) is 0 Å². The number of aliphatic hydroxyl groups is 2. The number of carboxylic acids is 1. The van der Waals surface area contributed by atoms with Gasteiger partial charge in [0.15, 0.2) is 11.3 Å². The van der Waals surface area contributed by atoms with Crippen LogP contribution in [0.3, 0.4) is 0 Å². The number of amides is 1. The molecular formula is C44H46N12O9. The maximum atomic E-state index is 13.0. The molecule has 2 aliphatic rings. The minimum absolute atomic E-state index is 0.0160. The molecule has 0 unspecified atom stereocenters. The molecule has 2 saturated heterocycles. The van der Waals surface area contributed by atoms with Gasteiger partial charge in [-0.1, -0.05) is 24.3 Å². The maximum Gasteiger partial charge on any atom is 0.341 e. The number of hydrogen-bond donors (Lipinski definition) is 5. The van der Waals surface area contributed by atoms with Crippen LogP contribution in [-0.2, 0) is 22.6 Å². The number of carboxylic acid groups (broad SMARTS) is 1. The van der Waals surface area contributed by atoms with Crippen LogP contribution in [0.2, 0.25) is 0 Å². The van der Waals surface area contributed by atoms with E-state index >= 15 is 0 Å². The third-order valence-electron chi connectivity index (χ3n) is 10.8. The lowest BCUT2D eigenvalue weighted by Gasteiger charge is -2.28. The number of rotatable bonds is 9. The second-order valence-corrected chi connectivity index (χ2v) is 15.3. The predicted octanol–water partition coefficient (Wildman–Crippen LogP) is 1.13. The number of ether oxygens (including phenoxy) is 2. The van der Waals surface area contributed by atoms with E-state index in [9.17, 15) is 29.4 Å². The molecule has 10 rings (SSSR count). The minimum Gasteiger partial charge on any atom is -0.478 e. The maximum absolute atomic E-state index is 13.0. The molecule has 8 heterocycles. The predicted molar refractivity (Wildman–Crippen MR) is 233 cm³/mol. The quantitative estimate of drug-likeness (QED) is 0.136. The van der Waals surface area contributed by atoms with Gasteiger partial charge in [0.25, 0.3) is 5.91 Å².